The minimum Gasteiger partial charge on any atom is -0.502 e. The Hall–Kier alpha value is -1.82. The average molecular weight is 846 g/mol. The van der Waals surface area contributed by atoms with Gasteiger partial charge in [-0.1, -0.05) is 228 Å². The van der Waals surface area contributed by atoms with E-state index in [0.29, 0.717) is 13.1 Å². The molecule has 1 rings (SSSR count). The highest BCUT2D eigenvalue weighted by Gasteiger charge is 2.06. The number of carbonyl (C=O) groups excluding carboxylic acids is 1. The number of hydrogen-bond donors (Lipinski definition) is 0. The van der Waals surface area contributed by atoms with Crippen LogP contribution < -0.4 is 0 Å². The van der Waals surface area contributed by atoms with Gasteiger partial charge in [-0.2, -0.15) is 0 Å². The first kappa shape index (κ1) is 60.3. The fraction of sp³-hybridized carbons (Fsp3) is 0.889. The molecule has 356 valence electrons. The SMILES string of the molecule is C=COCCCCCCN(CCCCCCOC=O)CCCCn1ccnc1.CCCCCCCCC(C)CCCCCC.CCCCCCCCC(C)CCCCCC. The smallest absolute Gasteiger partial charge is 0.293 e. The van der Waals surface area contributed by atoms with Crippen molar-refractivity contribution in [1.82, 2.24) is 14.5 Å². The number of ether oxygens (including phenoxy) is 2. The lowest BCUT2D eigenvalue weighted by Gasteiger charge is -2.22. The van der Waals surface area contributed by atoms with Gasteiger partial charge in [0.25, 0.3) is 6.47 Å². The molecule has 0 amide bonds. The van der Waals surface area contributed by atoms with Gasteiger partial charge in [0, 0.05) is 18.9 Å². The van der Waals surface area contributed by atoms with Gasteiger partial charge in [0.1, 0.15) is 0 Å². The Morgan fingerprint density at radius 3 is 1.28 bits per heavy atom. The summed E-state index contributed by atoms with van der Waals surface area (Å²) in [7, 11) is 0. The number of imidazole rings is 1. The zero-order valence-electron chi connectivity index (χ0n) is 41.6. The minimum absolute atomic E-state index is 0.537. The quantitative estimate of drug-likeness (QED) is 0.0372. The predicted octanol–water partition coefficient (Wildman–Crippen LogP) is 17.1. The van der Waals surface area contributed by atoms with E-state index in [4.69, 9.17) is 9.47 Å². The minimum atomic E-state index is 0.537. The summed E-state index contributed by atoms with van der Waals surface area (Å²) in [5.41, 5.74) is 0. The normalized spacial score (nSPS) is 12.0. The lowest BCUT2D eigenvalue weighted by Crippen LogP contribution is -2.27. The number of nitrogens with zero attached hydrogens (tertiary/aromatic N) is 3. The molecule has 0 fully saturated rings. The zero-order chi connectivity index (χ0) is 44.3. The lowest BCUT2D eigenvalue weighted by atomic mass is 9.96. The number of carbonyl (C=O) groups is 1. The van der Waals surface area contributed by atoms with Crippen LogP contribution in [0.5, 0.6) is 0 Å². The van der Waals surface area contributed by atoms with Gasteiger partial charge in [0.15, 0.2) is 0 Å². The number of rotatable bonds is 45. The van der Waals surface area contributed by atoms with Crippen LogP contribution in [-0.2, 0) is 20.8 Å². The number of hydrogen-bond acceptors (Lipinski definition) is 5. The van der Waals surface area contributed by atoms with Crippen LogP contribution in [0.3, 0.4) is 0 Å². The van der Waals surface area contributed by atoms with Crippen molar-refractivity contribution in [3.63, 3.8) is 0 Å². The Balaban J connectivity index is 0. The summed E-state index contributed by atoms with van der Waals surface area (Å²) < 4.78 is 12.1. The average Bonchev–Trinajstić information content (AvgIpc) is 3.78. The molecule has 60 heavy (non-hydrogen) atoms. The molecular formula is C54H107N3O3. The Bertz CT molecular complexity index is 858. The van der Waals surface area contributed by atoms with Crippen molar-refractivity contribution in [2.75, 3.05) is 32.8 Å². The van der Waals surface area contributed by atoms with Crippen molar-refractivity contribution in [3.05, 3.63) is 31.6 Å². The largest absolute Gasteiger partial charge is 0.502 e. The maximum atomic E-state index is 10.1. The molecule has 1 aromatic heterocycles. The third kappa shape index (κ3) is 50.5. The van der Waals surface area contributed by atoms with E-state index < -0.39 is 0 Å². The van der Waals surface area contributed by atoms with Gasteiger partial charge in [0.05, 0.1) is 25.8 Å². The third-order valence-corrected chi connectivity index (χ3v) is 12.1. The number of unbranched alkanes of at least 4 members (excludes halogenated alkanes) is 23. The van der Waals surface area contributed by atoms with Crippen LogP contribution >= 0.6 is 0 Å². The van der Waals surface area contributed by atoms with Gasteiger partial charge in [-0.25, -0.2) is 4.98 Å². The highest BCUT2D eigenvalue weighted by molar-refractivity contribution is 5.36. The Morgan fingerprint density at radius 1 is 0.517 bits per heavy atom. The van der Waals surface area contributed by atoms with Gasteiger partial charge >= 0.3 is 0 Å². The molecule has 6 heteroatoms. The van der Waals surface area contributed by atoms with E-state index in [9.17, 15) is 4.79 Å². The topological polar surface area (TPSA) is 56.6 Å². The van der Waals surface area contributed by atoms with E-state index >= 15 is 0 Å². The zero-order valence-corrected chi connectivity index (χ0v) is 41.6. The molecule has 0 aliphatic rings. The summed E-state index contributed by atoms with van der Waals surface area (Å²) in [6.45, 7) is 24.1. The standard InChI is InChI=1S/C22H39N3O3.2C16H34/c1-2-27-19-11-5-3-7-14-24(15-8-4-6-12-20-28-22-26)16-9-10-17-25-18-13-23-21-25;2*1-4-6-8-10-11-13-15-16(3)14-12-9-7-5-2/h2,13,18,21-22H,1,3-12,14-17,19-20H2;2*16H,4-15H2,1-3H3. The summed E-state index contributed by atoms with van der Waals surface area (Å²) in [6.07, 6.45) is 53.7. The number of aryl methyl sites for hydroxylation is 1. The van der Waals surface area contributed by atoms with E-state index in [0.717, 1.165) is 44.2 Å². The van der Waals surface area contributed by atoms with E-state index in [1.54, 1.807) is 0 Å². The first-order chi connectivity index (χ1) is 29.5. The van der Waals surface area contributed by atoms with Crippen LogP contribution in [0.15, 0.2) is 31.6 Å². The van der Waals surface area contributed by atoms with Gasteiger partial charge < -0.3 is 18.9 Å². The fourth-order valence-electron chi connectivity index (χ4n) is 7.94. The fourth-order valence-corrected chi connectivity index (χ4v) is 7.94. The third-order valence-electron chi connectivity index (χ3n) is 12.1. The lowest BCUT2D eigenvalue weighted by molar-refractivity contribution is -0.128. The van der Waals surface area contributed by atoms with Crippen LogP contribution in [0.25, 0.3) is 0 Å². The van der Waals surface area contributed by atoms with Crippen molar-refractivity contribution in [3.8, 4) is 0 Å². The Morgan fingerprint density at radius 2 is 0.883 bits per heavy atom. The van der Waals surface area contributed by atoms with E-state index in [-0.39, 0.29) is 0 Å². The van der Waals surface area contributed by atoms with Gasteiger partial charge in [-0.05, 0) is 70.0 Å². The molecule has 1 heterocycles. The van der Waals surface area contributed by atoms with Crippen LogP contribution in [0, 0.1) is 11.8 Å². The van der Waals surface area contributed by atoms with E-state index in [1.165, 1.54) is 225 Å². The molecule has 0 N–H and O–H groups in total. The molecule has 2 unspecified atom stereocenters. The van der Waals surface area contributed by atoms with Gasteiger partial charge in [0.2, 0.25) is 0 Å². The second-order valence-electron chi connectivity index (χ2n) is 18.2. The van der Waals surface area contributed by atoms with Gasteiger partial charge in [-0.3, -0.25) is 4.79 Å². The second-order valence-corrected chi connectivity index (χ2v) is 18.2. The van der Waals surface area contributed by atoms with Gasteiger partial charge in [-0.15, -0.1) is 0 Å². The summed E-state index contributed by atoms with van der Waals surface area (Å²) >= 11 is 0. The van der Waals surface area contributed by atoms with Crippen molar-refractivity contribution in [2.45, 2.75) is 266 Å². The highest BCUT2D eigenvalue weighted by Crippen LogP contribution is 2.19. The molecule has 0 spiro atoms. The molecule has 6 nitrogen and oxygen atoms in total. The molecule has 0 aliphatic carbocycles. The monoisotopic (exact) mass is 846 g/mol. The van der Waals surface area contributed by atoms with Crippen LogP contribution in [-0.4, -0.2) is 53.8 Å². The highest BCUT2D eigenvalue weighted by atomic mass is 16.5. The summed E-state index contributed by atoms with van der Waals surface area (Å²) in [6, 6.07) is 0. The summed E-state index contributed by atoms with van der Waals surface area (Å²) in [4.78, 5) is 16.9. The van der Waals surface area contributed by atoms with Crippen LogP contribution in [0.1, 0.15) is 260 Å². The van der Waals surface area contributed by atoms with Crippen molar-refractivity contribution < 1.29 is 14.3 Å². The summed E-state index contributed by atoms with van der Waals surface area (Å²) in [5, 5.41) is 0. The first-order valence-electron chi connectivity index (χ1n) is 26.4. The number of aromatic nitrogens is 2. The van der Waals surface area contributed by atoms with Crippen molar-refractivity contribution in [1.29, 1.82) is 0 Å². The molecule has 1 aromatic rings. The van der Waals surface area contributed by atoms with E-state index in [2.05, 4.69) is 62.6 Å². The molecular weight excluding hydrogens is 739 g/mol. The first-order valence-corrected chi connectivity index (χ1v) is 26.4. The van der Waals surface area contributed by atoms with Crippen molar-refractivity contribution in [2.24, 2.45) is 11.8 Å². The summed E-state index contributed by atoms with van der Waals surface area (Å²) in [5.74, 6) is 1.95. The van der Waals surface area contributed by atoms with Crippen LogP contribution in [0.2, 0.25) is 0 Å². The van der Waals surface area contributed by atoms with Crippen molar-refractivity contribution >= 4 is 6.47 Å². The molecule has 0 aliphatic heterocycles. The second kappa shape index (κ2) is 53.3. The molecule has 0 bridgehead atoms. The Labute approximate surface area is 376 Å². The van der Waals surface area contributed by atoms with E-state index in [1.807, 2.05) is 18.7 Å². The molecule has 0 aromatic carbocycles. The molecule has 0 saturated heterocycles. The van der Waals surface area contributed by atoms with Crippen LogP contribution in [0.4, 0.5) is 0 Å². The maximum absolute atomic E-state index is 10.1. The Kier molecular flexibility index (Phi) is 53.6. The predicted molar refractivity (Wildman–Crippen MR) is 265 cm³/mol. The maximum Gasteiger partial charge on any atom is 0.293 e. The molecule has 0 radical (unpaired) electrons. The molecule has 0 saturated carbocycles. The molecule has 2 atom stereocenters.